The van der Waals surface area contributed by atoms with Gasteiger partial charge in [-0.25, -0.2) is 4.79 Å². The highest BCUT2D eigenvalue weighted by molar-refractivity contribution is 4.81. The summed E-state index contributed by atoms with van der Waals surface area (Å²) in [5.74, 6) is 0. The minimum atomic E-state index is 0.135. The smallest absolute Gasteiger partial charge is 0.299 e. The average Bonchev–Trinajstić information content (AvgIpc) is 2.46. The predicted molar refractivity (Wildman–Crippen MR) is 53.9 cm³/mol. The number of hydrogen-bond acceptors (Lipinski definition) is 1. The number of rotatable bonds is 5. The van der Waals surface area contributed by atoms with E-state index in [-0.39, 0.29) is 5.69 Å². The number of aryl methyl sites for hydroxylation is 2. The van der Waals surface area contributed by atoms with Gasteiger partial charge >= 0.3 is 5.69 Å². The fraction of sp³-hybridized carbons (Fsp3) is 0.700. The maximum atomic E-state index is 11.6. The molecule has 0 fully saturated rings. The van der Waals surface area contributed by atoms with Gasteiger partial charge in [-0.3, -0.25) is 9.13 Å². The Morgan fingerprint density at radius 2 is 1.69 bits per heavy atom. The third-order valence-electron chi connectivity index (χ3n) is 2.14. The van der Waals surface area contributed by atoms with Crippen molar-refractivity contribution >= 4 is 0 Å². The van der Waals surface area contributed by atoms with Crippen molar-refractivity contribution in [2.75, 3.05) is 0 Å². The Balaban J connectivity index is 2.69. The molecule has 0 atom stereocenters. The Labute approximate surface area is 79.0 Å². The third kappa shape index (κ3) is 2.47. The van der Waals surface area contributed by atoms with Gasteiger partial charge in [-0.15, -0.1) is 0 Å². The molecule has 0 aliphatic heterocycles. The quantitative estimate of drug-likeness (QED) is 0.682. The molecule has 0 aliphatic carbocycles. The first kappa shape index (κ1) is 10.1. The van der Waals surface area contributed by atoms with E-state index in [2.05, 4.69) is 13.8 Å². The molecule has 1 heterocycles. The van der Waals surface area contributed by atoms with Crippen molar-refractivity contribution in [2.24, 2.45) is 0 Å². The summed E-state index contributed by atoms with van der Waals surface area (Å²) in [6.45, 7) is 5.90. The minimum absolute atomic E-state index is 0.135. The highest BCUT2D eigenvalue weighted by Crippen LogP contribution is 1.93. The summed E-state index contributed by atoms with van der Waals surface area (Å²) in [5.41, 5.74) is 0.135. The van der Waals surface area contributed by atoms with Crippen molar-refractivity contribution in [1.29, 1.82) is 0 Å². The molecule has 3 heteroatoms. The lowest BCUT2D eigenvalue weighted by Crippen LogP contribution is -2.23. The summed E-state index contributed by atoms with van der Waals surface area (Å²) < 4.78 is 3.56. The van der Waals surface area contributed by atoms with E-state index in [4.69, 9.17) is 0 Å². The Kier molecular flexibility index (Phi) is 3.80. The van der Waals surface area contributed by atoms with Gasteiger partial charge in [-0.2, -0.15) is 0 Å². The monoisotopic (exact) mass is 182 g/mol. The highest BCUT2D eigenvalue weighted by Gasteiger charge is 2.00. The second-order valence-corrected chi connectivity index (χ2v) is 3.32. The van der Waals surface area contributed by atoms with E-state index in [1.807, 2.05) is 12.4 Å². The first-order valence-electron chi connectivity index (χ1n) is 5.05. The Bertz CT molecular complexity index is 298. The van der Waals surface area contributed by atoms with Gasteiger partial charge in [0.1, 0.15) is 0 Å². The fourth-order valence-corrected chi connectivity index (χ4v) is 1.36. The Hall–Kier alpha value is -0.990. The minimum Gasteiger partial charge on any atom is -0.299 e. The number of unbranched alkanes of at least 4 members (excludes halogenated alkanes) is 1. The van der Waals surface area contributed by atoms with E-state index in [1.165, 1.54) is 0 Å². The van der Waals surface area contributed by atoms with Gasteiger partial charge < -0.3 is 0 Å². The number of hydrogen-bond donors (Lipinski definition) is 0. The molecule has 0 bridgehead atoms. The summed E-state index contributed by atoms with van der Waals surface area (Å²) in [6.07, 6.45) is 6.98. The number of nitrogens with zero attached hydrogens (tertiary/aromatic N) is 2. The summed E-state index contributed by atoms with van der Waals surface area (Å²) in [5, 5.41) is 0. The normalized spacial score (nSPS) is 10.6. The largest absolute Gasteiger partial charge is 0.328 e. The SMILES string of the molecule is CCCCn1ccn(CCC)c1=O. The van der Waals surface area contributed by atoms with Crippen molar-refractivity contribution in [3.8, 4) is 0 Å². The van der Waals surface area contributed by atoms with E-state index in [9.17, 15) is 4.79 Å². The first-order chi connectivity index (χ1) is 6.29. The van der Waals surface area contributed by atoms with Gasteiger partial charge in [0.2, 0.25) is 0 Å². The summed E-state index contributed by atoms with van der Waals surface area (Å²) >= 11 is 0. The molecular weight excluding hydrogens is 164 g/mol. The fourth-order valence-electron chi connectivity index (χ4n) is 1.36. The summed E-state index contributed by atoms with van der Waals surface area (Å²) in [7, 11) is 0. The van der Waals surface area contributed by atoms with Crippen molar-refractivity contribution in [2.45, 2.75) is 46.2 Å². The molecular formula is C10H18N2O. The molecule has 1 aromatic rings. The lowest BCUT2D eigenvalue weighted by atomic mass is 10.3. The van der Waals surface area contributed by atoms with Crippen LogP contribution in [0, 0.1) is 0 Å². The lowest BCUT2D eigenvalue weighted by Gasteiger charge is -1.99. The van der Waals surface area contributed by atoms with Crippen molar-refractivity contribution in [1.82, 2.24) is 9.13 Å². The molecule has 74 valence electrons. The standard InChI is InChI=1S/C10H18N2O/c1-3-5-7-12-9-8-11(6-4-2)10(12)13/h8-9H,3-7H2,1-2H3. The van der Waals surface area contributed by atoms with E-state index in [1.54, 1.807) is 9.13 Å². The van der Waals surface area contributed by atoms with Crippen molar-refractivity contribution in [3.05, 3.63) is 22.9 Å². The topological polar surface area (TPSA) is 26.9 Å². The van der Waals surface area contributed by atoms with E-state index >= 15 is 0 Å². The Morgan fingerprint density at radius 1 is 1.08 bits per heavy atom. The van der Waals surface area contributed by atoms with Gasteiger partial charge in [0.05, 0.1) is 0 Å². The molecule has 13 heavy (non-hydrogen) atoms. The van der Waals surface area contributed by atoms with Crippen LogP contribution in [0.5, 0.6) is 0 Å². The second-order valence-electron chi connectivity index (χ2n) is 3.32. The zero-order valence-corrected chi connectivity index (χ0v) is 8.49. The van der Waals surface area contributed by atoms with Crippen LogP contribution < -0.4 is 5.69 Å². The molecule has 0 unspecified atom stereocenters. The zero-order valence-electron chi connectivity index (χ0n) is 8.49. The molecule has 0 radical (unpaired) electrons. The maximum absolute atomic E-state index is 11.6. The molecule has 0 aromatic carbocycles. The van der Waals surface area contributed by atoms with Crippen LogP contribution >= 0.6 is 0 Å². The second kappa shape index (κ2) is 4.90. The highest BCUT2D eigenvalue weighted by atomic mass is 16.1. The lowest BCUT2D eigenvalue weighted by molar-refractivity contribution is 0.576. The molecule has 0 aliphatic rings. The first-order valence-corrected chi connectivity index (χ1v) is 5.05. The van der Waals surface area contributed by atoms with Crippen LogP contribution in [0.25, 0.3) is 0 Å². The van der Waals surface area contributed by atoms with Crippen LogP contribution in [0.2, 0.25) is 0 Å². The summed E-state index contributed by atoms with van der Waals surface area (Å²) in [4.78, 5) is 11.6. The van der Waals surface area contributed by atoms with Crippen LogP contribution in [0.15, 0.2) is 17.2 Å². The van der Waals surface area contributed by atoms with Crippen LogP contribution in [0.1, 0.15) is 33.1 Å². The molecule has 0 amide bonds. The van der Waals surface area contributed by atoms with Crippen molar-refractivity contribution < 1.29 is 0 Å². The van der Waals surface area contributed by atoms with Gasteiger partial charge in [0.15, 0.2) is 0 Å². The van der Waals surface area contributed by atoms with E-state index < -0.39 is 0 Å². The van der Waals surface area contributed by atoms with Crippen LogP contribution in [0.4, 0.5) is 0 Å². The molecule has 0 spiro atoms. The molecule has 3 nitrogen and oxygen atoms in total. The van der Waals surface area contributed by atoms with E-state index in [0.717, 1.165) is 32.4 Å². The summed E-state index contributed by atoms with van der Waals surface area (Å²) in [6, 6.07) is 0. The molecule has 0 saturated heterocycles. The van der Waals surface area contributed by atoms with Gasteiger partial charge in [0.25, 0.3) is 0 Å². The molecule has 0 N–H and O–H groups in total. The van der Waals surface area contributed by atoms with Gasteiger partial charge in [0, 0.05) is 25.5 Å². The number of aromatic nitrogens is 2. The van der Waals surface area contributed by atoms with Gasteiger partial charge in [-0.1, -0.05) is 20.3 Å². The van der Waals surface area contributed by atoms with Crippen molar-refractivity contribution in [3.63, 3.8) is 0 Å². The molecule has 1 aromatic heterocycles. The third-order valence-corrected chi connectivity index (χ3v) is 2.14. The molecule has 1 rings (SSSR count). The molecule has 0 saturated carbocycles. The van der Waals surface area contributed by atoms with Gasteiger partial charge in [-0.05, 0) is 12.8 Å². The number of imidazole rings is 1. The van der Waals surface area contributed by atoms with Crippen LogP contribution in [-0.2, 0) is 13.1 Å². The van der Waals surface area contributed by atoms with Crippen LogP contribution in [0.3, 0.4) is 0 Å². The van der Waals surface area contributed by atoms with Crippen LogP contribution in [-0.4, -0.2) is 9.13 Å². The Morgan fingerprint density at radius 3 is 2.23 bits per heavy atom. The zero-order chi connectivity index (χ0) is 9.68. The maximum Gasteiger partial charge on any atom is 0.328 e. The average molecular weight is 182 g/mol. The predicted octanol–water partition coefficient (Wildman–Crippen LogP) is 1.86. The van der Waals surface area contributed by atoms with E-state index in [0.29, 0.717) is 0 Å².